The molecule has 0 radical (unpaired) electrons. The maximum Gasteiger partial charge on any atom is 0.514 e. The maximum atomic E-state index is 10.7. The summed E-state index contributed by atoms with van der Waals surface area (Å²) >= 11 is 1.03. The first-order chi connectivity index (χ1) is 7.60. The van der Waals surface area contributed by atoms with E-state index in [1.54, 1.807) is 0 Å². The van der Waals surface area contributed by atoms with Crippen LogP contribution in [0.25, 0.3) is 0 Å². The Morgan fingerprint density at radius 1 is 1.06 bits per heavy atom. The Kier molecular flexibility index (Phi) is 8.95. The first-order valence-electron chi connectivity index (χ1n) is 5.32. The van der Waals surface area contributed by atoms with Crippen molar-refractivity contribution in [1.29, 1.82) is 0 Å². The molecule has 0 bridgehead atoms. The lowest BCUT2D eigenvalue weighted by molar-refractivity contribution is -0.130. The molecule has 0 heterocycles. The molecule has 0 rings (SSSR count). The van der Waals surface area contributed by atoms with E-state index in [0.717, 1.165) is 12.0 Å². The fourth-order valence-electron chi connectivity index (χ4n) is 1.09. The Balaban J connectivity index is 4.28. The van der Waals surface area contributed by atoms with E-state index >= 15 is 0 Å². The first-order valence-corrected chi connectivity index (χ1v) is 8.16. The number of rotatable bonds is 9. The van der Waals surface area contributed by atoms with E-state index < -0.39 is 8.80 Å². The largest absolute Gasteiger partial charge is 0.514 e. The van der Waals surface area contributed by atoms with Crippen LogP contribution in [0.4, 0.5) is 0 Å². The van der Waals surface area contributed by atoms with E-state index in [-0.39, 0.29) is 5.97 Å². The second kappa shape index (κ2) is 9.00. The Morgan fingerprint density at radius 3 is 1.81 bits per heavy atom. The summed E-state index contributed by atoms with van der Waals surface area (Å²) in [5, 5.41) is 0.419. The number of carbonyl (C=O) groups excluding carboxylic acids is 1. The summed E-state index contributed by atoms with van der Waals surface area (Å²) < 4.78 is 21.5. The summed E-state index contributed by atoms with van der Waals surface area (Å²) in [5.41, 5.74) is 0. The number of carbonyl (C=O) groups is 1. The monoisotopic (exact) mass is 268 g/mol. The van der Waals surface area contributed by atoms with Crippen molar-refractivity contribution in [3.63, 3.8) is 0 Å². The molecule has 0 saturated heterocycles. The lowest BCUT2D eigenvalue weighted by Gasteiger charge is -2.27. The highest BCUT2D eigenvalue weighted by atomic mass is 32.2. The van der Waals surface area contributed by atoms with Crippen molar-refractivity contribution >= 4 is 26.8 Å². The molecule has 96 valence electrons. The molecule has 0 aromatic heterocycles. The van der Waals surface area contributed by atoms with Crippen LogP contribution in [0.1, 0.15) is 27.7 Å². The minimum absolute atomic E-state index is 0.336. The molecule has 0 atom stereocenters. The van der Waals surface area contributed by atoms with Crippen LogP contribution in [0.2, 0.25) is 0 Å². The summed E-state index contributed by atoms with van der Waals surface area (Å²) in [6.45, 7) is 8.58. The van der Waals surface area contributed by atoms with Gasteiger partial charge in [-0.1, -0.05) is 0 Å². The molecule has 0 N–H and O–H groups in total. The molecule has 0 saturated carbocycles. The summed E-state index contributed by atoms with van der Waals surface area (Å²) in [7, 11) is -2.68. The Bertz CT molecular complexity index is 185. The van der Waals surface area contributed by atoms with Gasteiger partial charge in [-0.25, -0.2) is 0 Å². The van der Waals surface area contributed by atoms with Gasteiger partial charge in [0.1, 0.15) is 5.38 Å². The van der Waals surface area contributed by atoms with Crippen LogP contribution in [-0.2, 0) is 22.3 Å². The van der Waals surface area contributed by atoms with Gasteiger partial charge in [-0.2, -0.15) is 0 Å². The molecule has 5 nitrogen and oxygen atoms in total. The fraction of sp³-hybridized carbons (Fsp3) is 0.889. The molecule has 0 aromatic rings. The number of hydrogen-bond acceptors (Lipinski definition) is 6. The third-order valence-electron chi connectivity index (χ3n) is 1.50. The average Bonchev–Trinajstić information content (AvgIpc) is 2.18. The Labute approximate surface area is 102 Å². The quantitative estimate of drug-likeness (QED) is 0.469. The van der Waals surface area contributed by atoms with Crippen molar-refractivity contribution in [3.05, 3.63) is 0 Å². The average molecular weight is 268 g/mol. The molecule has 7 heteroatoms. The van der Waals surface area contributed by atoms with E-state index in [1.807, 2.05) is 20.8 Å². The molecule has 0 aliphatic heterocycles. The van der Waals surface area contributed by atoms with Crippen molar-refractivity contribution in [2.75, 3.05) is 25.2 Å². The lowest BCUT2D eigenvalue weighted by Crippen LogP contribution is -2.49. The molecular formula is C9H20O5SSi. The molecule has 0 unspecified atom stereocenters. The van der Waals surface area contributed by atoms with Gasteiger partial charge in [-0.15, -0.1) is 0 Å². The van der Waals surface area contributed by atoms with Crippen LogP contribution >= 0.6 is 12.0 Å². The standard InChI is InChI=1S/C9H20O5SSi/c1-5-11-16(12-6-2,13-7-3)8-15-14-9(4)10/h5-8H2,1-4H3. The second-order valence-corrected chi connectivity index (χ2v) is 6.61. The summed E-state index contributed by atoms with van der Waals surface area (Å²) in [6.07, 6.45) is 0. The minimum Gasteiger partial charge on any atom is -0.392 e. The van der Waals surface area contributed by atoms with E-state index in [9.17, 15) is 4.79 Å². The minimum atomic E-state index is -2.68. The molecule has 0 aromatic carbocycles. The van der Waals surface area contributed by atoms with Gasteiger partial charge in [0.2, 0.25) is 0 Å². The molecule has 0 fully saturated rings. The van der Waals surface area contributed by atoms with E-state index in [2.05, 4.69) is 0 Å². The number of hydrogen-bond donors (Lipinski definition) is 0. The van der Waals surface area contributed by atoms with Gasteiger partial charge in [0.15, 0.2) is 0 Å². The predicted molar refractivity (Wildman–Crippen MR) is 64.9 cm³/mol. The predicted octanol–water partition coefficient (Wildman–Crippen LogP) is 1.79. The van der Waals surface area contributed by atoms with Crippen molar-refractivity contribution in [3.8, 4) is 0 Å². The molecule has 0 aliphatic rings. The van der Waals surface area contributed by atoms with Crippen LogP contribution in [0, 0.1) is 0 Å². The van der Waals surface area contributed by atoms with Gasteiger partial charge < -0.3 is 17.5 Å². The maximum absolute atomic E-state index is 10.7. The van der Waals surface area contributed by atoms with Crippen LogP contribution in [0.5, 0.6) is 0 Å². The molecule has 0 aliphatic carbocycles. The van der Waals surface area contributed by atoms with Crippen LogP contribution in [-0.4, -0.2) is 40.0 Å². The first kappa shape index (κ1) is 15.9. The lowest BCUT2D eigenvalue weighted by atomic mass is 10.9. The van der Waals surface area contributed by atoms with Crippen molar-refractivity contribution in [2.45, 2.75) is 27.7 Å². The molecular weight excluding hydrogens is 248 g/mol. The van der Waals surface area contributed by atoms with Gasteiger partial charge in [0.05, 0.1) is 12.0 Å². The third-order valence-corrected chi connectivity index (χ3v) is 5.93. The molecule has 0 amide bonds. The van der Waals surface area contributed by atoms with E-state index in [1.165, 1.54) is 6.92 Å². The zero-order chi connectivity index (χ0) is 12.4. The second-order valence-electron chi connectivity index (χ2n) is 2.82. The van der Waals surface area contributed by atoms with Gasteiger partial charge >= 0.3 is 14.8 Å². The van der Waals surface area contributed by atoms with Crippen LogP contribution in [0.15, 0.2) is 0 Å². The Morgan fingerprint density at radius 2 is 1.50 bits per heavy atom. The summed E-state index contributed by atoms with van der Waals surface area (Å²) in [6, 6.07) is 0. The Hall–Kier alpha value is -0.0831. The van der Waals surface area contributed by atoms with Crippen molar-refractivity contribution in [2.24, 2.45) is 0 Å². The summed E-state index contributed by atoms with van der Waals surface area (Å²) in [5.74, 6) is -0.336. The van der Waals surface area contributed by atoms with E-state index in [4.69, 9.17) is 17.5 Å². The molecule has 16 heavy (non-hydrogen) atoms. The van der Waals surface area contributed by atoms with Gasteiger partial charge in [0.25, 0.3) is 0 Å². The highest BCUT2D eigenvalue weighted by Gasteiger charge is 2.41. The zero-order valence-corrected chi connectivity index (χ0v) is 12.1. The SMILES string of the molecule is CCO[Si](CSOC(C)=O)(OCC)OCC. The smallest absolute Gasteiger partial charge is 0.392 e. The van der Waals surface area contributed by atoms with Crippen molar-refractivity contribution in [1.82, 2.24) is 0 Å². The van der Waals surface area contributed by atoms with Gasteiger partial charge in [-0.05, 0) is 20.8 Å². The topological polar surface area (TPSA) is 54.0 Å². The van der Waals surface area contributed by atoms with Crippen molar-refractivity contribution < 1.29 is 22.3 Å². The zero-order valence-electron chi connectivity index (χ0n) is 10.3. The summed E-state index contributed by atoms with van der Waals surface area (Å²) in [4.78, 5) is 10.7. The van der Waals surface area contributed by atoms with Gasteiger partial charge in [-0.3, -0.25) is 4.79 Å². The molecule has 0 spiro atoms. The highest BCUT2D eigenvalue weighted by Crippen LogP contribution is 2.17. The third kappa shape index (κ3) is 6.49. The fourth-order valence-corrected chi connectivity index (χ4v) is 4.64. The van der Waals surface area contributed by atoms with E-state index in [0.29, 0.717) is 25.2 Å². The van der Waals surface area contributed by atoms with Gasteiger partial charge in [0, 0.05) is 26.7 Å². The highest BCUT2D eigenvalue weighted by molar-refractivity contribution is 7.96. The normalized spacial score (nSPS) is 11.5. The van der Waals surface area contributed by atoms with Crippen LogP contribution < -0.4 is 0 Å². The van der Waals surface area contributed by atoms with Crippen LogP contribution in [0.3, 0.4) is 0 Å².